The van der Waals surface area contributed by atoms with Crippen LogP contribution in [0.3, 0.4) is 0 Å². The van der Waals surface area contributed by atoms with E-state index in [4.69, 9.17) is 4.74 Å². The number of hydrogen-bond acceptors (Lipinski definition) is 4. The Morgan fingerprint density at radius 1 is 1.16 bits per heavy atom. The summed E-state index contributed by atoms with van der Waals surface area (Å²) in [6, 6.07) is 4.86. The molecule has 0 aromatic heterocycles. The lowest BCUT2D eigenvalue weighted by Gasteiger charge is -2.33. The maximum Gasteiger partial charge on any atom is 0.416 e. The first-order valence-corrected chi connectivity index (χ1v) is 11.1. The molecule has 0 atom stereocenters. The minimum absolute atomic E-state index is 0. The maximum atomic E-state index is 13.8. The number of alkyl halides is 3. The molecule has 2 aliphatic rings. The number of morpholine rings is 1. The van der Waals surface area contributed by atoms with Gasteiger partial charge in [-0.2, -0.15) is 13.2 Å². The zero-order valence-electron chi connectivity index (χ0n) is 18.9. The third-order valence-corrected chi connectivity index (χ3v) is 5.91. The normalized spacial score (nSPS) is 18.9. The summed E-state index contributed by atoms with van der Waals surface area (Å²) in [4.78, 5) is 8.59. The summed E-state index contributed by atoms with van der Waals surface area (Å²) in [7, 11) is 1.65. The molecule has 0 unspecified atom stereocenters. The third-order valence-electron chi connectivity index (χ3n) is 5.91. The first kappa shape index (κ1) is 27.0. The van der Waals surface area contributed by atoms with Gasteiger partial charge in [-0.05, 0) is 43.5 Å². The topological polar surface area (TPSA) is 52.1 Å². The van der Waals surface area contributed by atoms with Gasteiger partial charge in [0.15, 0.2) is 5.96 Å². The van der Waals surface area contributed by atoms with Crippen molar-refractivity contribution in [2.24, 2.45) is 4.99 Å². The predicted molar refractivity (Wildman–Crippen MR) is 133 cm³/mol. The first-order chi connectivity index (χ1) is 14.9. The summed E-state index contributed by atoms with van der Waals surface area (Å²) in [5, 5.41) is 6.44. The Bertz CT molecular complexity index is 733. The fourth-order valence-corrected chi connectivity index (χ4v) is 4.18. The highest BCUT2D eigenvalue weighted by Gasteiger charge is 2.34. The van der Waals surface area contributed by atoms with Crippen LogP contribution in [0.15, 0.2) is 23.2 Å². The van der Waals surface area contributed by atoms with E-state index in [0.717, 1.165) is 38.9 Å². The molecule has 10 heteroatoms. The van der Waals surface area contributed by atoms with Gasteiger partial charge in [0.05, 0.1) is 18.8 Å². The second-order valence-electron chi connectivity index (χ2n) is 8.12. The van der Waals surface area contributed by atoms with E-state index in [0.29, 0.717) is 38.0 Å². The number of benzene rings is 1. The number of anilines is 1. The van der Waals surface area contributed by atoms with Crippen molar-refractivity contribution in [1.29, 1.82) is 0 Å². The molecule has 32 heavy (non-hydrogen) atoms. The highest BCUT2D eigenvalue weighted by atomic mass is 127. The Morgan fingerprint density at radius 3 is 2.44 bits per heavy atom. The van der Waals surface area contributed by atoms with Crippen molar-refractivity contribution in [1.82, 2.24) is 15.5 Å². The number of piperidine rings is 1. The standard InChI is InChI=1S/C22H34F3N5O.HI/c1-3-8-29-9-6-18(7-10-29)28-21(26-2)27-16-17-4-5-19(15-20(17)22(23,24)25)30-11-13-31-14-12-30;/h4-5,15,18H,3,6-14,16H2,1-2H3,(H2,26,27,28);1H. The van der Waals surface area contributed by atoms with E-state index in [1.165, 1.54) is 6.07 Å². The molecule has 6 nitrogen and oxygen atoms in total. The third kappa shape index (κ3) is 7.65. The van der Waals surface area contributed by atoms with Crippen LogP contribution in [0.4, 0.5) is 18.9 Å². The van der Waals surface area contributed by atoms with Crippen LogP contribution in [0.2, 0.25) is 0 Å². The van der Waals surface area contributed by atoms with E-state index in [1.807, 2.05) is 4.90 Å². The molecule has 2 aliphatic heterocycles. The molecule has 0 saturated carbocycles. The maximum absolute atomic E-state index is 13.8. The van der Waals surface area contributed by atoms with Crippen molar-refractivity contribution in [3.8, 4) is 0 Å². The van der Waals surface area contributed by atoms with Crippen molar-refractivity contribution in [2.75, 3.05) is 57.9 Å². The molecule has 2 fully saturated rings. The lowest BCUT2D eigenvalue weighted by Crippen LogP contribution is -2.48. The van der Waals surface area contributed by atoms with Crippen molar-refractivity contribution in [2.45, 2.75) is 44.9 Å². The lowest BCUT2D eigenvalue weighted by molar-refractivity contribution is -0.138. The van der Waals surface area contributed by atoms with E-state index in [2.05, 4.69) is 27.4 Å². The molecular weight excluding hydrogens is 534 g/mol. The summed E-state index contributed by atoms with van der Waals surface area (Å²) < 4.78 is 46.6. The van der Waals surface area contributed by atoms with Crippen LogP contribution in [0.5, 0.6) is 0 Å². The second-order valence-corrected chi connectivity index (χ2v) is 8.12. The highest BCUT2D eigenvalue weighted by molar-refractivity contribution is 14.0. The number of aliphatic imine (C=N–C) groups is 1. The minimum atomic E-state index is -4.41. The Morgan fingerprint density at radius 2 is 1.84 bits per heavy atom. The Balaban J connectivity index is 0.00000363. The van der Waals surface area contributed by atoms with E-state index < -0.39 is 11.7 Å². The van der Waals surface area contributed by atoms with Gasteiger partial charge in [-0.15, -0.1) is 24.0 Å². The summed E-state index contributed by atoms with van der Waals surface area (Å²) in [5.41, 5.74) is 0.193. The van der Waals surface area contributed by atoms with Crippen LogP contribution in [-0.2, 0) is 17.5 Å². The molecule has 2 N–H and O–H groups in total. The van der Waals surface area contributed by atoms with Crippen molar-refractivity contribution < 1.29 is 17.9 Å². The average molecular weight is 569 g/mol. The predicted octanol–water partition coefficient (Wildman–Crippen LogP) is 3.70. The molecule has 0 amide bonds. The van der Waals surface area contributed by atoms with Crippen LogP contribution >= 0.6 is 24.0 Å². The fraction of sp³-hybridized carbons (Fsp3) is 0.682. The second kappa shape index (κ2) is 12.8. The minimum Gasteiger partial charge on any atom is -0.378 e. The SMILES string of the molecule is CCCN1CCC(NC(=NC)NCc2ccc(N3CCOCC3)cc2C(F)(F)F)CC1.I. The number of halogens is 4. The van der Waals surface area contributed by atoms with Gasteiger partial charge < -0.3 is 25.2 Å². The molecule has 0 radical (unpaired) electrons. The monoisotopic (exact) mass is 569 g/mol. The number of hydrogen-bond donors (Lipinski definition) is 2. The quantitative estimate of drug-likeness (QED) is 0.311. The molecule has 182 valence electrons. The van der Waals surface area contributed by atoms with Gasteiger partial charge in [-0.25, -0.2) is 0 Å². The van der Waals surface area contributed by atoms with Crippen molar-refractivity contribution >= 4 is 35.6 Å². The lowest BCUT2D eigenvalue weighted by atomic mass is 10.0. The number of ether oxygens (including phenoxy) is 1. The molecule has 0 bridgehead atoms. The van der Waals surface area contributed by atoms with Gasteiger partial charge in [0.2, 0.25) is 0 Å². The summed E-state index contributed by atoms with van der Waals surface area (Å²) in [5.74, 6) is 0.541. The number of nitrogens with one attached hydrogen (secondary N) is 2. The number of rotatable bonds is 6. The zero-order valence-corrected chi connectivity index (χ0v) is 21.2. The van der Waals surface area contributed by atoms with Gasteiger partial charge in [-0.1, -0.05) is 13.0 Å². The molecule has 2 saturated heterocycles. The zero-order chi connectivity index (χ0) is 22.3. The van der Waals surface area contributed by atoms with E-state index in [1.54, 1.807) is 19.2 Å². The first-order valence-electron chi connectivity index (χ1n) is 11.1. The van der Waals surface area contributed by atoms with E-state index in [-0.39, 0.29) is 42.1 Å². The largest absolute Gasteiger partial charge is 0.416 e. The van der Waals surface area contributed by atoms with Crippen LogP contribution in [0.1, 0.15) is 37.3 Å². The molecule has 3 rings (SSSR count). The molecule has 0 aliphatic carbocycles. The Labute approximate surface area is 206 Å². The molecule has 1 aromatic rings. The number of guanidine groups is 1. The smallest absolute Gasteiger partial charge is 0.378 e. The number of likely N-dealkylation sites (tertiary alicyclic amines) is 1. The molecule has 0 spiro atoms. The molecule has 1 aromatic carbocycles. The van der Waals surface area contributed by atoms with Crippen LogP contribution in [0.25, 0.3) is 0 Å². The number of nitrogens with zero attached hydrogens (tertiary/aromatic N) is 3. The summed E-state index contributed by atoms with van der Waals surface area (Å²) in [6.45, 7) is 7.68. The average Bonchev–Trinajstić information content (AvgIpc) is 2.78. The van der Waals surface area contributed by atoms with Gasteiger partial charge in [-0.3, -0.25) is 4.99 Å². The van der Waals surface area contributed by atoms with Crippen molar-refractivity contribution in [3.63, 3.8) is 0 Å². The van der Waals surface area contributed by atoms with Gasteiger partial charge in [0.1, 0.15) is 0 Å². The van der Waals surface area contributed by atoms with Gasteiger partial charge in [0.25, 0.3) is 0 Å². The van der Waals surface area contributed by atoms with Crippen LogP contribution in [0, 0.1) is 0 Å². The summed E-state index contributed by atoms with van der Waals surface area (Å²) >= 11 is 0. The Hall–Kier alpha value is -1.27. The van der Waals surface area contributed by atoms with E-state index >= 15 is 0 Å². The molecular formula is C22H35F3IN5O. The van der Waals surface area contributed by atoms with Gasteiger partial charge >= 0.3 is 6.18 Å². The van der Waals surface area contributed by atoms with E-state index in [9.17, 15) is 13.2 Å². The van der Waals surface area contributed by atoms with Crippen molar-refractivity contribution in [3.05, 3.63) is 29.3 Å². The van der Waals surface area contributed by atoms with Crippen LogP contribution < -0.4 is 15.5 Å². The Kier molecular flexibility index (Phi) is 10.8. The highest BCUT2D eigenvalue weighted by Crippen LogP contribution is 2.35. The molecule has 2 heterocycles. The fourth-order valence-electron chi connectivity index (χ4n) is 4.18. The summed E-state index contributed by atoms with van der Waals surface area (Å²) in [6.07, 6.45) is -1.26. The van der Waals surface area contributed by atoms with Gasteiger partial charge in [0, 0.05) is 51.5 Å². The van der Waals surface area contributed by atoms with Crippen LogP contribution in [-0.4, -0.2) is 69.9 Å².